The van der Waals surface area contributed by atoms with Crippen LogP contribution < -0.4 is 10.6 Å². The minimum atomic E-state index is 0.189. The molecule has 2 rings (SSSR count). The third kappa shape index (κ3) is 5.11. The molecule has 1 amide bonds. The molecule has 0 saturated carbocycles. The fourth-order valence-electron chi connectivity index (χ4n) is 2.93. The summed E-state index contributed by atoms with van der Waals surface area (Å²) in [6.45, 7) is 6.11. The molecule has 0 aromatic carbocycles. The Morgan fingerprint density at radius 3 is 2.84 bits per heavy atom. The minimum absolute atomic E-state index is 0.189. The molecule has 1 atom stereocenters. The topological polar surface area (TPSA) is 50.4 Å². The first-order chi connectivity index (χ1) is 9.18. The van der Waals surface area contributed by atoms with Gasteiger partial charge in [-0.25, -0.2) is 0 Å². The molecule has 2 aliphatic rings. The van der Waals surface area contributed by atoms with Crippen molar-refractivity contribution in [3.8, 4) is 0 Å². The van der Waals surface area contributed by atoms with Gasteiger partial charge in [-0.3, -0.25) is 4.79 Å². The number of piperidine rings is 1. The highest BCUT2D eigenvalue weighted by Crippen LogP contribution is 2.26. The summed E-state index contributed by atoms with van der Waals surface area (Å²) in [5, 5.41) is 6.48. The van der Waals surface area contributed by atoms with E-state index in [0.29, 0.717) is 12.5 Å². The summed E-state index contributed by atoms with van der Waals surface area (Å²) >= 11 is 0. The van der Waals surface area contributed by atoms with E-state index in [1.165, 1.54) is 12.8 Å². The first-order valence-corrected chi connectivity index (χ1v) is 7.77. The second-order valence-electron chi connectivity index (χ2n) is 6.36. The highest BCUT2D eigenvalue weighted by Gasteiger charge is 2.27. The van der Waals surface area contributed by atoms with Gasteiger partial charge in [-0.05, 0) is 57.0 Å². The van der Waals surface area contributed by atoms with Gasteiger partial charge in [0.1, 0.15) is 0 Å². The second-order valence-corrected chi connectivity index (χ2v) is 6.36. The van der Waals surface area contributed by atoms with Gasteiger partial charge in [0, 0.05) is 19.6 Å². The molecule has 110 valence electrons. The van der Waals surface area contributed by atoms with Crippen molar-refractivity contribution in [2.45, 2.75) is 58.0 Å². The van der Waals surface area contributed by atoms with Crippen molar-refractivity contribution in [2.75, 3.05) is 26.2 Å². The standard InChI is InChI=1S/C15H28N2O2/c1-15(7-9-16-10-8-15)12-17-14(18)6-5-13-4-2-3-11-19-13/h13,16H,2-12H2,1H3,(H,17,18). The maximum atomic E-state index is 11.9. The lowest BCUT2D eigenvalue weighted by Crippen LogP contribution is -2.43. The van der Waals surface area contributed by atoms with Crippen LogP contribution in [0.1, 0.15) is 51.9 Å². The zero-order chi connectivity index (χ0) is 13.6. The lowest BCUT2D eigenvalue weighted by atomic mass is 9.81. The Morgan fingerprint density at radius 2 is 2.16 bits per heavy atom. The van der Waals surface area contributed by atoms with Gasteiger partial charge in [-0.15, -0.1) is 0 Å². The van der Waals surface area contributed by atoms with E-state index in [1.54, 1.807) is 0 Å². The van der Waals surface area contributed by atoms with Gasteiger partial charge in [-0.1, -0.05) is 6.92 Å². The van der Waals surface area contributed by atoms with Crippen LogP contribution in [-0.2, 0) is 9.53 Å². The summed E-state index contributed by atoms with van der Waals surface area (Å²) in [7, 11) is 0. The van der Waals surface area contributed by atoms with E-state index in [1.807, 2.05) is 0 Å². The van der Waals surface area contributed by atoms with E-state index in [0.717, 1.165) is 51.9 Å². The van der Waals surface area contributed by atoms with E-state index in [2.05, 4.69) is 17.6 Å². The van der Waals surface area contributed by atoms with Crippen molar-refractivity contribution >= 4 is 5.91 Å². The van der Waals surface area contributed by atoms with E-state index >= 15 is 0 Å². The zero-order valence-corrected chi connectivity index (χ0v) is 12.2. The summed E-state index contributed by atoms with van der Waals surface area (Å²) in [4.78, 5) is 11.9. The molecule has 0 aliphatic carbocycles. The molecular formula is C15H28N2O2. The van der Waals surface area contributed by atoms with Gasteiger partial charge < -0.3 is 15.4 Å². The third-order valence-corrected chi connectivity index (χ3v) is 4.49. The van der Waals surface area contributed by atoms with Gasteiger partial charge in [0.25, 0.3) is 0 Å². The molecule has 4 nitrogen and oxygen atoms in total. The molecule has 2 saturated heterocycles. The number of carbonyl (C=O) groups is 1. The minimum Gasteiger partial charge on any atom is -0.378 e. The van der Waals surface area contributed by atoms with E-state index < -0.39 is 0 Å². The van der Waals surface area contributed by atoms with Crippen LogP contribution in [0, 0.1) is 5.41 Å². The Bertz CT molecular complexity index is 282. The maximum Gasteiger partial charge on any atom is 0.220 e. The van der Waals surface area contributed by atoms with Crippen molar-refractivity contribution in [1.82, 2.24) is 10.6 Å². The number of hydrogen-bond acceptors (Lipinski definition) is 3. The van der Waals surface area contributed by atoms with Crippen LogP contribution in [0.2, 0.25) is 0 Å². The second kappa shape index (κ2) is 7.25. The number of carbonyl (C=O) groups excluding carboxylic acids is 1. The average molecular weight is 268 g/mol. The van der Waals surface area contributed by atoms with Crippen molar-refractivity contribution in [1.29, 1.82) is 0 Å². The molecule has 0 spiro atoms. The summed E-state index contributed by atoms with van der Waals surface area (Å²) in [6, 6.07) is 0. The highest BCUT2D eigenvalue weighted by molar-refractivity contribution is 5.75. The van der Waals surface area contributed by atoms with Gasteiger partial charge >= 0.3 is 0 Å². The number of ether oxygens (including phenoxy) is 1. The summed E-state index contributed by atoms with van der Waals surface area (Å²) in [6.07, 6.45) is 7.65. The lowest BCUT2D eigenvalue weighted by molar-refractivity contribution is -0.122. The van der Waals surface area contributed by atoms with Crippen LogP contribution >= 0.6 is 0 Å². The van der Waals surface area contributed by atoms with Crippen LogP contribution in [0.15, 0.2) is 0 Å². The Morgan fingerprint density at radius 1 is 1.37 bits per heavy atom. The first kappa shape index (κ1) is 14.8. The first-order valence-electron chi connectivity index (χ1n) is 7.77. The smallest absolute Gasteiger partial charge is 0.220 e. The fraction of sp³-hybridized carbons (Fsp3) is 0.933. The Labute approximate surface area is 116 Å². The van der Waals surface area contributed by atoms with Crippen LogP contribution in [0.4, 0.5) is 0 Å². The molecular weight excluding hydrogens is 240 g/mol. The van der Waals surface area contributed by atoms with Gasteiger partial charge in [0.05, 0.1) is 6.10 Å². The Hall–Kier alpha value is -0.610. The predicted molar refractivity (Wildman–Crippen MR) is 76.0 cm³/mol. The summed E-state index contributed by atoms with van der Waals surface area (Å²) in [5.74, 6) is 0.189. The quantitative estimate of drug-likeness (QED) is 0.800. The molecule has 0 bridgehead atoms. The summed E-state index contributed by atoms with van der Waals surface area (Å²) < 4.78 is 5.65. The molecule has 19 heavy (non-hydrogen) atoms. The highest BCUT2D eigenvalue weighted by atomic mass is 16.5. The van der Waals surface area contributed by atoms with E-state index in [-0.39, 0.29) is 11.3 Å². The largest absolute Gasteiger partial charge is 0.378 e. The molecule has 2 heterocycles. The zero-order valence-electron chi connectivity index (χ0n) is 12.2. The van der Waals surface area contributed by atoms with Crippen molar-refractivity contribution in [3.05, 3.63) is 0 Å². The normalized spacial score (nSPS) is 26.9. The molecule has 4 heteroatoms. The predicted octanol–water partition coefficient (Wildman–Crippen LogP) is 1.84. The Balaban J connectivity index is 1.61. The van der Waals surface area contributed by atoms with Crippen LogP contribution in [0.25, 0.3) is 0 Å². The van der Waals surface area contributed by atoms with Gasteiger partial charge in [0.2, 0.25) is 5.91 Å². The van der Waals surface area contributed by atoms with Crippen LogP contribution in [-0.4, -0.2) is 38.3 Å². The molecule has 0 aromatic heterocycles. The number of nitrogens with one attached hydrogen (secondary N) is 2. The van der Waals surface area contributed by atoms with Crippen LogP contribution in [0.5, 0.6) is 0 Å². The van der Waals surface area contributed by atoms with Crippen molar-refractivity contribution in [2.24, 2.45) is 5.41 Å². The molecule has 2 aliphatic heterocycles. The third-order valence-electron chi connectivity index (χ3n) is 4.49. The molecule has 1 unspecified atom stereocenters. The molecule has 2 fully saturated rings. The molecule has 0 aromatic rings. The SMILES string of the molecule is CC1(CNC(=O)CCC2CCCCO2)CCNCC1. The van der Waals surface area contributed by atoms with Crippen molar-refractivity contribution in [3.63, 3.8) is 0 Å². The van der Waals surface area contributed by atoms with Crippen molar-refractivity contribution < 1.29 is 9.53 Å². The van der Waals surface area contributed by atoms with Gasteiger partial charge in [0.15, 0.2) is 0 Å². The monoisotopic (exact) mass is 268 g/mol. The van der Waals surface area contributed by atoms with E-state index in [4.69, 9.17) is 4.74 Å². The van der Waals surface area contributed by atoms with Gasteiger partial charge in [-0.2, -0.15) is 0 Å². The average Bonchev–Trinajstić information content (AvgIpc) is 2.45. The van der Waals surface area contributed by atoms with Crippen LogP contribution in [0.3, 0.4) is 0 Å². The molecule has 0 radical (unpaired) electrons. The number of hydrogen-bond donors (Lipinski definition) is 2. The van der Waals surface area contributed by atoms with E-state index in [9.17, 15) is 4.79 Å². The molecule has 2 N–H and O–H groups in total. The lowest BCUT2D eigenvalue weighted by Gasteiger charge is -2.34. The number of rotatable bonds is 5. The number of amides is 1. The maximum absolute atomic E-state index is 11.9. The summed E-state index contributed by atoms with van der Waals surface area (Å²) in [5.41, 5.74) is 0.280. The Kier molecular flexibility index (Phi) is 5.64. The fourth-order valence-corrected chi connectivity index (χ4v) is 2.93.